The maximum absolute atomic E-state index is 6.08. The van der Waals surface area contributed by atoms with Gasteiger partial charge in [0.15, 0.2) is 5.82 Å². The first kappa shape index (κ1) is 17.8. The van der Waals surface area contributed by atoms with Crippen molar-refractivity contribution in [3.8, 4) is 33.6 Å². The van der Waals surface area contributed by atoms with Gasteiger partial charge in [0.1, 0.15) is 6.33 Å². The summed E-state index contributed by atoms with van der Waals surface area (Å²) in [6.45, 7) is 0. The van der Waals surface area contributed by atoms with Crippen LogP contribution in [0.25, 0.3) is 33.6 Å². The highest BCUT2D eigenvalue weighted by Crippen LogP contribution is 2.62. The zero-order valence-electron chi connectivity index (χ0n) is 17.0. The smallest absolute Gasteiger partial charge is 0.216 e. The Kier molecular flexibility index (Phi) is 3.53. The lowest BCUT2D eigenvalue weighted by Crippen LogP contribution is -2.25. The molecule has 0 radical (unpaired) electrons. The first-order chi connectivity index (χ1) is 15.8. The van der Waals surface area contributed by atoms with Crippen LogP contribution in [0.3, 0.4) is 0 Å². The summed E-state index contributed by atoms with van der Waals surface area (Å²) in [4.78, 5) is 12.7. The lowest BCUT2D eigenvalue weighted by Gasteiger charge is -2.30. The Hall–Kier alpha value is -3.82. The lowest BCUT2D eigenvalue weighted by atomic mass is 9.70. The average molecular weight is 430 g/mol. The van der Waals surface area contributed by atoms with E-state index < -0.39 is 0 Å². The van der Waals surface area contributed by atoms with E-state index >= 15 is 0 Å². The number of hydrogen-bond donors (Lipinski definition) is 0. The molecule has 0 bridgehead atoms. The van der Waals surface area contributed by atoms with Crippen LogP contribution in [0.15, 0.2) is 97.3 Å². The molecule has 2 aliphatic rings. The van der Waals surface area contributed by atoms with Crippen LogP contribution in [-0.2, 0) is 5.41 Å². The van der Waals surface area contributed by atoms with Crippen molar-refractivity contribution in [1.82, 2.24) is 15.0 Å². The number of hydrogen-bond acceptors (Lipinski definition) is 3. The Morgan fingerprint density at radius 1 is 0.562 bits per heavy atom. The van der Waals surface area contributed by atoms with Crippen LogP contribution in [-0.4, -0.2) is 15.0 Å². The molecule has 5 aromatic rings. The molecular weight excluding hydrogens is 414 g/mol. The molecule has 4 aromatic carbocycles. The van der Waals surface area contributed by atoms with Gasteiger partial charge in [-0.25, -0.2) is 9.97 Å². The second-order valence-electron chi connectivity index (χ2n) is 8.23. The predicted octanol–water partition coefficient (Wildman–Crippen LogP) is 6.54. The summed E-state index contributed by atoms with van der Waals surface area (Å²) in [6.07, 6.45) is 1.46. The largest absolute Gasteiger partial charge is 0.225 e. The fraction of sp³-hybridized carbons (Fsp3) is 0.0357. The van der Waals surface area contributed by atoms with Crippen molar-refractivity contribution in [1.29, 1.82) is 0 Å². The van der Waals surface area contributed by atoms with E-state index in [-0.39, 0.29) is 10.7 Å². The fourth-order valence-electron chi connectivity index (χ4n) is 5.65. The highest BCUT2D eigenvalue weighted by molar-refractivity contribution is 6.28. The molecule has 2 aliphatic carbocycles. The molecular formula is C28H16ClN3. The van der Waals surface area contributed by atoms with Crippen molar-refractivity contribution in [3.63, 3.8) is 0 Å². The van der Waals surface area contributed by atoms with Gasteiger partial charge in [-0.1, -0.05) is 84.9 Å². The van der Waals surface area contributed by atoms with Crippen molar-refractivity contribution in [3.05, 3.63) is 125 Å². The summed E-state index contributed by atoms with van der Waals surface area (Å²) in [5.41, 5.74) is 10.9. The SMILES string of the molecule is Clc1ncnc(-c2ccc3c(c2)C2(c4ccccc4-c4ccccc42)c2ccccc2-3)n1. The topological polar surface area (TPSA) is 38.7 Å². The monoisotopic (exact) mass is 429 g/mol. The molecule has 3 nitrogen and oxygen atoms in total. The summed E-state index contributed by atoms with van der Waals surface area (Å²) in [5.74, 6) is 0.582. The van der Waals surface area contributed by atoms with E-state index in [2.05, 4.69) is 106 Å². The summed E-state index contributed by atoms with van der Waals surface area (Å²) in [6, 6.07) is 32.8. The molecule has 0 fully saturated rings. The number of aromatic nitrogens is 3. The highest BCUT2D eigenvalue weighted by Gasteiger charge is 2.51. The Morgan fingerprint density at radius 2 is 1.09 bits per heavy atom. The molecule has 4 heteroatoms. The molecule has 0 unspecified atom stereocenters. The molecule has 0 aliphatic heterocycles. The van der Waals surface area contributed by atoms with E-state index in [1.54, 1.807) is 0 Å². The minimum atomic E-state index is -0.369. The molecule has 0 saturated heterocycles. The van der Waals surface area contributed by atoms with E-state index in [1.165, 1.54) is 50.8 Å². The summed E-state index contributed by atoms with van der Waals surface area (Å²) < 4.78 is 0. The van der Waals surface area contributed by atoms with Crippen LogP contribution in [0.4, 0.5) is 0 Å². The van der Waals surface area contributed by atoms with Gasteiger partial charge in [0.25, 0.3) is 0 Å². The second-order valence-corrected chi connectivity index (χ2v) is 8.56. The molecule has 1 aromatic heterocycles. The summed E-state index contributed by atoms with van der Waals surface area (Å²) in [7, 11) is 0. The van der Waals surface area contributed by atoms with Crippen molar-refractivity contribution < 1.29 is 0 Å². The number of benzene rings is 4. The lowest BCUT2D eigenvalue weighted by molar-refractivity contribution is 0.794. The number of rotatable bonds is 1. The van der Waals surface area contributed by atoms with Crippen LogP contribution in [0.1, 0.15) is 22.3 Å². The summed E-state index contributed by atoms with van der Waals surface area (Å²) in [5, 5.41) is 0.199. The highest BCUT2D eigenvalue weighted by atomic mass is 35.5. The van der Waals surface area contributed by atoms with E-state index in [9.17, 15) is 0 Å². The molecule has 1 heterocycles. The minimum absolute atomic E-state index is 0.199. The van der Waals surface area contributed by atoms with Crippen LogP contribution >= 0.6 is 11.6 Å². The Labute approximate surface area is 190 Å². The van der Waals surface area contributed by atoms with Gasteiger partial charge >= 0.3 is 0 Å². The van der Waals surface area contributed by atoms with Gasteiger partial charge in [0.2, 0.25) is 5.28 Å². The zero-order chi connectivity index (χ0) is 21.3. The third kappa shape index (κ3) is 2.13. The number of nitrogens with zero attached hydrogens (tertiary/aromatic N) is 3. The van der Waals surface area contributed by atoms with Crippen molar-refractivity contribution in [2.45, 2.75) is 5.41 Å². The van der Waals surface area contributed by atoms with Crippen LogP contribution in [0.2, 0.25) is 5.28 Å². The van der Waals surface area contributed by atoms with Gasteiger partial charge in [-0.2, -0.15) is 4.98 Å². The van der Waals surface area contributed by atoms with Crippen LogP contribution in [0.5, 0.6) is 0 Å². The Bertz CT molecular complexity index is 1490. The summed E-state index contributed by atoms with van der Waals surface area (Å²) >= 11 is 6.08. The van der Waals surface area contributed by atoms with Gasteiger partial charge in [-0.15, -0.1) is 0 Å². The van der Waals surface area contributed by atoms with Gasteiger partial charge in [-0.05, 0) is 62.2 Å². The average Bonchev–Trinajstić information content (AvgIpc) is 3.31. The third-order valence-corrected chi connectivity index (χ3v) is 6.98. The van der Waals surface area contributed by atoms with Crippen LogP contribution in [0, 0.1) is 0 Å². The molecule has 0 N–H and O–H groups in total. The molecule has 0 atom stereocenters. The van der Waals surface area contributed by atoms with Crippen molar-refractivity contribution in [2.75, 3.05) is 0 Å². The maximum Gasteiger partial charge on any atom is 0.225 e. The van der Waals surface area contributed by atoms with E-state index in [1.807, 2.05) is 0 Å². The second kappa shape index (κ2) is 6.35. The first-order valence-corrected chi connectivity index (χ1v) is 10.9. The standard InChI is InChI=1S/C28H16ClN3/c29-27-31-16-30-26(32-27)17-13-14-21-20-9-3-6-12-24(20)28(25(21)15-17)22-10-4-1-7-18(22)19-8-2-5-11-23(19)28/h1-16H. The normalized spacial score (nSPS) is 14.0. The quantitative estimate of drug-likeness (QED) is 0.297. The van der Waals surface area contributed by atoms with Gasteiger partial charge in [0, 0.05) is 5.56 Å². The molecule has 7 rings (SSSR count). The van der Waals surface area contributed by atoms with Crippen molar-refractivity contribution in [2.24, 2.45) is 0 Å². The molecule has 1 spiro atoms. The first-order valence-electron chi connectivity index (χ1n) is 10.6. The van der Waals surface area contributed by atoms with Gasteiger partial charge in [-0.3, -0.25) is 0 Å². The Morgan fingerprint density at radius 3 is 1.66 bits per heavy atom. The van der Waals surface area contributed by atoms with E-state index in [4.69, 9.17) is 11.6 Å². The van der Waals surface area contributed by atoms with Gasteiger partial charge in [0.05, 0.1) is 5.41 Å². The van der Waals surface area contributed by atoms with Crippen molar-refractivity contribution >= 4 is 11.6 Å². The fourth-order valence-corrected chi connectivity index (χ4v) is 5.77. The molecule has 0 saturated carbocycles. The molecule has 32 heavy (non-hydrogen) atoms. The van der Waals surface area contributed by atoms with E-state index in [0.29, 0.717) is 5.82 Å². The predicted molar refractivity (Wildman–Crippen MR) is 127 cm³/mol. The van der Waals surface area contributed by atoms with E-state index in [0.717, 1.165) is 5.56 Å². The number of fused-ring (bicyclic) bond motifs is 10. The molecule has 150 valence electrons. The zero-order valence-corrected chi connectivity index (χ0v) is 17.7. The Balaban J connectivity index is 1.63. The molecule has 0 amide bonds. The maximum atomic E-state index is 6.08. The third-order valence-electron chi connectivity index (χ3n) is 6.80. The van der Waals surface area contributed by atoms with Crippen LogP contribution < -0.4 is 0 Å². The van der Waals surface area contributed by atoms with Gasteiger partial charge < -0.3 is 0 Å². The minimum Gasteiger partial charge on any atom is -0.216 e. The number of halogens is 1.